The highest BCUT2D eigenvalue weighted by molar-refractivity contribution is 5.84. The third-order valence-corrected chi connectivity index (χ3v) is 3.98. The molecule has 4 heteroatoms. The van der Waals surface area contributed by atoms with Gasteiger partial charge in [0.05, 0.1) is 6.04 Å². The third-order valence-electron chi connectivity index (χ3n) is 3.98. The molecule has 3 unspecified atom stereocenters. The van der Waals surface area contributed by atoms with E-state index in [-0.39, 0.29) is 23.9 Å². The van der Waals surface area contributed by atoms with Crippen molar-refractivity contribution in [2.45, 2.75) is 59.0 Å². The van der Waals surface area contributed by atoms with E-state index >= 15 is 0 Å². The lowest BCUT2D eigenvalue weighted by Gasteiger charge is -2.35. The smallest absolute Gasteiger partial charge is 0.237 e. The fourth-order valence-corrected chi connectivity index (χ4v) is 2.27. The second-order valence-electron chi connectivity index (χ2n) is 5.31. The highest BCUT2D eigenvalue weighted by atomic mass is 16.2. The van der Waals surface area contributed by atoms with Crippen molar-refractivity contribution < 1.29 is 9.59 Å². The fourth-order valence-electron chi connectivity index (χ4n) is 2.27. The lowest BCUT2D eigenvalue weighted by molar-refractivity contribution is -0.132. The molecule has 1 heterocycles. The summed E-state index contributed by atoms with van der Waals surface area (Å²) in [6.45, 7) is 9.48. The van der Waals surface area contributed by atoms with Gasteiger partial charge in [0.2, 0.25) is 5.91 Å². The number of hydrogen-bond donors (Lipinski definition) is 1. The molecule has 104 valence electrons. The number of likely N-dealkylation sites (tertiary alicyclic amines) is 1. The molecule has 0 aromatic carbocycles. The molecular formula is C14H26N2O2. The molecule has 1 fully saturated rings. The first kappa shape index (κ1) is 15.2. The largest absolute Gasteiger partial charge is 0.352 e. The summed E-state index contributed by atoms with van der Waals surface area (Å²) in [5.74, 6) is 0.537. The molecule has 4 nitrogen and oxygen atoms in total. The maximum absolute atomic E-state index is 12.1. The van der Waals surface area contributed by atoms with E-state index in [0.29, 0.717) is 18.7 Å². The Morgan fingerprint density at radius 3 is 2.67 bits per heavy atom. The Bertz CT molecular complexity index is 304. The Morgan fingerprint density at radius 2 is 2.11 bits per heavy atom. The molecule has 1 aliphatic rings. The molecule has 1 saturated heterocycles. The van der Waals surface area contributed by atoms with Crippen LogP contribution in [0.15, 0.2) is 0 Å². The van der Waals surface area contributed by atoms with Gasteiger partial charge in [0.1, 0.15) is 5.78 Å². The van der Waals surface area contributed by atoms with E-state index in [1.807, 2.05) is 20.8 Å². The highest BCUT2D eigenvalue weighted by Crippen LogP contribution is 2.18. The molecule has 0 saturated carbocycles. The Hall–Kier alpha value is -0.900. The Balaban J connectivity index is 2.53. The van der Waals surface area contributed by atoms with Crippen molar-refractivity contribution in [1.29, 1.82) is 0 Å². The van der Waals surface area contributed by atoms with Crippen LogP contribution in [0.2, 0.25) is 0 Å². The van der Waals surface area contributed by atoms with Crippen molar-refractivity contribution in [2.75, 3.05) is 13.1 Å². The lowest BCUT2D eigenvalue weighted by Crippen LogP contribution is -2.52. The molecule has 0 bridgehead atoms. The zero-order valence-electron chi connectivity index (χ0n) is 12.0. The van der Waals surface area contributed by atoms with Crippen LogP contribution in [0.25, 0.3) is 0 Å². The van der Waals surface area contributed by atoms with Crippen LogP contribution in [-0.2, 0) is 9.59 Å². The van der Waals surface area contributed by atoms with Crippen molar-refractivity contribution >= 4 is 11.7 Å². The third kappa shape index (κ3) is 3.80. The molecule has 0 spiro atoms. The number of carbonyl (C=O) groups is 2. The van der Waals surface area contributed by atoms with E-state index in [4.69, 9.17) is 0 Å². The van der Waals surface area contributed by atoms with Gasteiger partial charge in [-0.3, -0.25) is 14.5 Å². The minimum Gasteiger partial charge on any atom is -0.352 e. The number of piperidine rings is 1. The molecule has 0 radical (unpaired) electrons. The maximum Gasteiger partial charge on any atom is 0.237 e. The van der Waals surface area contributed by atoms with Gasteiger partial charge in [0.25, 0.3) is 0 Å². The van der Waals surface area contributed by atoms with Crippen LogP contribution in [0.4, 0.5) is 0 Å². The lowest BCUT2D eigenvalue weighted by atomic mass is 9.93. The molecule has 0 aliphatic carbocycles. The molecular weight excluding hydrogens is 228 g/mol. The number of Topliss-reactive ketones (excluding diaryl/α,β-unsaturated/α-hetero) is 1. The number of rotatable bonds is 5. The molecule has 1 aliphatic heterocycles. The first-order valence-electron chi connectivity index (χ1n) is 7.06. The number of ketones is 1. The van der Waals surface area contributed by atoms with Crippen molar-refractivity contribution in [2.24, 2.45) is 5.92 Å². The molecule has 0 aromatic heterocycles. The predicted octanol–water partition coefficient (Wildman–Crippen LogP) is 1.59. The van der Waals surface area contributed by atoms with Gasteiger partial charge in [-0.1, -0.05) is 13.8 Å². The van der Waals surface area contributed by atoms with Crippen LogP contribution in [0, 0.1) is 5.92 Å². The van der Waals surface area contributed by atoms with E-state index < -0.39 is 0 Å². The topological polar surface area (TPSA) is 49.4 Å². The molecule has 18 heavy (non-hydrogen) atoms. The average Bonchev–Trinajstić information content (AvgIpc) is 2.38. The van der Waals surface area contributed by atoms with Crippen molar-refractivity contribution in [1.82, 2.24) is 10.2 Å². The van der Waals surface area contributed by atoms with E-state index in [1.165, 1.54) is 0 Å². The van der Waals surface area contributed by atoms with Gasteiger partial charge in [-0.2, -0.15) is 0 Å². The predicted molar refractivity (Wildman–Crippen MR) is 72.3 cm³/mol. The average molecular weight is 254 g/mol. The molecule has 1 rings (SSSR count). The van der Waals surface area contributed by atoms with Crippen LogP contribution >= 0.6 is 0 Å². The van der Waals surface area contributed by atoms with Gasteiger partial charge in [0, 0.05) is 31.5 Å². The summed E-state index contributed by atoms with van der Waals surface area (Å²) < 4.78 is 0. The van der Waals surface area contributed by atoms with Gasteiger partial charge in [-0.25, -0.2) is 0 Å². The second-order valence-corrected chi connectivity index (χ2v) is 5.31. The summed E-state index contributed by atoms with van der Waals surface area (Å²) in [6.07, 6.45) is 2.39. The summed E-state index contributed by atoms with van der Waals surface area (Å²) in [6, 6.07) is 0.0782. The first-order chi connectivity index (χ1) is 8.49. The summed E-state index contributed by atoms with van der Waals surface area (Å²) in [5, 5.41) is 3.01. The Kier molecular flexibility index (Phi) is 5.79. The van der Waals surface area contributed by atoms with Crippen molar-refractivity contribution in [3.8, 4) is 0 Å². The van der Waals surface area contributed by atoms with E-state index in [1.54, 1.807) is 0 Å². The maximum atomic E-state index is 12.1. The van der Waals surface area contributed by atoms with Crippen LogP contribution < -0.4 is 5.32 Å². The highest BCUT2D eigenvalue weighted by Gasteiger charge is 2.31. The van der Waals surface area contributed by atoms with Gasteiger partial charge < -0.3 is 5.32 Å². The van der Waals surface area contributed by atoms with E-state index in [0.717, 1.165) is 19.4 Å². The number of nitrogens with zero attached hydrogens (tertiary/aromatic N) is 1. The quantitative estimate of drug-likeness (QED) is 0.810. The van der Waals surface area contributed by atoms with Crippen molar-refractivity contribution in [3.63, 3.8) is 0 Å². The monoisotopic (exact) mass is 254 g/mol. The normalized spacial score (nSPS) is 24.7. The summed E-state index contributed by atoms with van der Waals surface area (Å²) >= 11 is 0. The van der Waals surface area contributed by atoms with Crippen LogP contribution in [0.5, 0.6) is 0 Å². The van der Waals surface area contributed by atoms with Crippen LogP contribution in [0.3, 0.4) is 0 Å². The number of nitrogens with one attached hydrogen (secondary N) is 1. The van der Waals surface area contributed by atoms with Crippen molar-refractivity contribution in [3.05, 3.63) is 0 Å². The van der Waals surface area contributed by atoms with Gasteiger partial charge in [0.15, 0.2) is 0 Å². The van der Waals surface area contributed by atoms with Gasteiger partial charge in [-0.15, -0.1) is 0 Å². The van der Waals surface area contributed by atoms with E-state index in [2.05, 4.69) is 17.1 Å². The minimum absolute atomic E-state index is 0.0774. The van der Waals surface area contributed by atoms with Gasteiger partial charge >= 0.3 is 0 Å². The molecule has 1 N–H and O–H groups in total. The second kappa shape index (κ2) is 6.88. The number of hydrogen-bond acceptors (Lipinski definition) is 3. The molecule has 3 atom stereocenters. The van der Waals surface area contributed by atoms with E-state index in [9.17, 15) is 9.59 Å². The zero-order valence-corrected chi connectivity index (χ0v) is 12.0. The Morgan fingerprint density at radius 1 is 1.44 bits per heavy atom. The Labute approximate surface area is 110 Å². The minimum atomic E-state index is -0.138. The van der Waals surface area contributed by atoms with Crippen LogP contribution in [-0.4, -0.2) is 41.8 Å². The number of amides is 1. The van der Waals surface area contributed by atoms with Gasteiger partial charge in [-0.05, 0) is 26.7 Å². The standard InChI is InChI=1S/C14H26N2O2/c1-5-10(3)15-14(18)11(4)16-8-7-13(17)12(6-2)9-16/h10-12H,5-9H2,1-4H3,(H,15,18). The molecule has 1 amide bonds. The summed E-state index contributed by atoms with van der Waals surface area (Å²) in [5.41, 5.74) is 0. The molecule has 0 aromatic rings. The zero-order chi connectivity index (χ0) is 13.7. The summed E-state index contributed by atoms with van der Waals surface area (Å²) in [4.78, 5) is 25.8. The fraction of sp³-hybridized carbons (Fsp3) is 0.857. The SMILES string of the molecule is CCC(C)NC(=O)C(C)N1CCC(=O)C(CC)C1. The summed E-state index contributed by atoms with van der Waals surface area (Å²) in [7, 11) is 0. The number of carbonyl (C=O) groups excluding carboxylic acids is 2. The first-order valence-corrected chi connectivity index (χ1v) is 7.06. The van der Waals surface area contributed by atoms with Crippen LogP contribution in [0.1, 0.15) is 47.0 Å².